The number of anilines is 1. The normalized spacial score (nSPS) is 19.1. The van der Waals surface area contributed by atoms with Crippen molar-refractivity contribution in [2.75, 3.05) is 11.9 Å². The van der Waals surface area contributed by atoms with E-state index in [2.05, 4.69) is 10.3 Å². The molecular weight excluding hydrogens is 363 g/mol. The summed E-state index contributed by atoms with van der Waals surface area (Å²) >= 11 is 0. The number of amides is 3. The molecule has 3 rings (SSSR count). The number of nitrogens with two attached hydrogens (primary N) is 1. The van der Waals surface area contributed by atoms with Crippen molar-refractivity contribution >= 4 is 23.4 Å². The molecule has 7 nitrogen and oxygen atoms in total. The van der Waals surface area contributed by atoms with Gasteiger partial charge in [0.05, 0.1) is 23.5 Å². The second kappa shape index (κ2) is 8.16. The molecule has 0 bridgehead atoms. The topological polar surface area (TPSA) is 105 Å². The molecule has 0 aliphatic carbocycles. The fraction of sp³-hybridized carbons (Fsp3) is 0.300. The number of nitrogens with one attached hydrogen (secondary N) is 1. The summed E-state index contributed by atoms with van der Waals surface area (Å²) in [6.07, 6.45) is 4.19. The van der Waals surface area contributed by atoms with Crippen LogP contribution < -0.4 is 11.1 Å². The summed E-state index contributed by atoms with van der Waals surface area (Å²) in [6, 6.07) is 7.01. The number of piperidine rings is 1. The number of pyridine rings is 1. The van der Waals surface area contributed by atoms with Gasteiger partial charge in [0.25, 0.3) is 0 Å². The zero-order valence-corrected chi connectivity index (χ0v) is 15.4. The quantitative estimate of drug-likeness (QED) is 0.792. The van der Waals surface area contributed by atoms with Gasteiger partial charge in [-0.3, -0.25) is 19.4 Å². The smallest absolute Gasteiger partial charge is 0.313 e. The fourth-order valence-corrected chi connectivity index (χ4v) is 3.37. The Morgan fingerprint density at radius 2 is 1.89 bits per heavy atom. The van der Waals surface area contributed by atoms with E-state index >= 15 is 0 Å². The molecule has 1 aliphatic heterocycles. The van der Waals surface area contributed by atoms with Gasteiger partial charge in [0.15, 0.2) is 0 Å². The molecule has 1 aromatic carbocycles. The number of primary amides is 1. The Hall–Kier alpha value is -3.29. The van der Waals surface area contributed by atoms with E-state index in [1.54, 1.807) is 12.1 Å². The van der Waals surface area contributed by atoms with Gasteiger partial charge in [0, 0.05) is 12.7 Å². The predicted octanol–water partition coefficient (Wildman–Crippen LogP) is 2.26. The number of carbonyl (C=O) groups is 3. The van der Waals surface area contributed by atoms with E-state index in [4.69, 9.17) is 5.73 Å². The van der Waals surface area contributed by atoms with Crippen LogP contribution in [0.1, 0.15) is 41.7 Å². The first kappa shape index (κ1) is 19.5. The minimum Gasteiger partial charge on any atom is -0.366 e. The largest absolute Gasteiger partial charge is 0.366 e. The number of hydrogen-bond acceptors (Lipinski definition) is 4. The molecule has 0 spiro atoms. The van der Waals surface area contributed by atoms with Crippen LogP contribution in [0.4, 0.5) is 10.1 Å². The van der Waals surface area contributed by atoms with E-state index in [0.717, 1.165) is 12.0 Å². The number of aromatic nitrogens is 1. The van der Waals surface area contributed by atoms with Gasteiger partial charge in [-0.15, -0.1) is 0 Å². The first-order chi connectivity index (χ1) is 13.3. The molecule has 1 aliphatic rings. The zero-order valence-electron chi connectivity index (χ0n) is 15.4. The Labute approximate surface area is 161 Å². The van der Waals surface area contributed by atoms with Crippen molar-refractivity contribution < 1.29 is 18.8 Å². The van der Waals surface area contributed by atoms with Crippen LogP contribution in [-0.4, -0.2) is 34.2 Å². The Morgan fingerprint density at radius 3 is 2.57 bits per heavy atom. The van der Waals surface area contributed by atoms with Crippen molar-refractivity contribution in [3.8, 4) is 0 Å². The minimum atomic E-state index is -0.829. The fourth-order valence-electron chi connectivity index (χ4n) is 3.37. The molecule has 3 amide bonds. The number of halogens is 1. The number of nitrogens with zero attached hydrogens (tertiary/aromatic N) is 2. The summed E-state index contributed by atoms with van der Waals surface area (Å²) in [5.41, 5.74) is 6.32. The number of likely N-dealkylation sites (tertiary alicyclic amines) is 1. The van der Waals surface area contributed by atoms with Crippen LogP contribution >= 0.6 is 0 Å². The average molecular weight is 384 g/mol. The van der Waals surface area contributed by atoms with Gasteiger partial charge in [-0.2, -0.15) is 0 Å². The van der Waals surface area contributed by atoms with Gasteiger partial charge in [-0.05, 0) is 42.5 Å². The van der Waals surface area contributed by atoms with Crippen LogP contribution in [0.5, 0.6) is 0 Å². The molecule has 0 radical (unpaired) electrons. The van der Waals surface area contributed by atoms with Crippen molar-refractivity contribution in [3.05, 3.63) is 59.7 Å². The number of hydrogen-bond donors (Lipinski definition) is 2. The Kier molecular flexibility index (Phi) is 5.67. The van der Waals surface area contributed by atoms with Gasteiger partial charge in [0.2, 0.25) is 5.91 Å². The van der Waals surface area contributed by atoms with Gasteiger partial charge >= 0.3 is 11.8 Å². The molecule has 28 heavy (non-hydrogen) atoms. The lowest BCUT2D eigenvalue weighted by Gasteiger charge is -2.38. The van der Waals surface area contributed by atoms with Crippen LogP contribution in [0, 0.1) is 11.7 Å². The van der Waals surface area contributed by atoms with Crippen molar-refractivity contribution in [1.29, 1.82) is 0 Å². The van der Waals surface area contributed by atoms with Crippen LogP contribution in [0.2, 0.25) is 0 Å². The molecule has 146 valence electrons. The molecule has 0 saturated carbocycles. The second-order valence-electron chi connectivity index (χ2n) is 6.99. The highest BCUT2D eigenvalue weighted by Gasteiger charge is 2.34. The van der Waals surface area contributed by atoms with Crippen molar-refractivity contribution in [2.45, 2.75) is 25.8 Å². The third kappa shape index (κ3) is 4.33. The maximum Gasteiger partial charge on any atom is 0.313 e. The molecular formula is C20H21FN4O3. The molecule has 1 fully saturated rings. The van der Waals surface area contributed by atoms with E-state index in [1.807, 2.05) is 6.92 Å². The van der Waals surface area contributed by atoms with Crippen molar-refractivity contribution in [2.24, 2.45) is 11.7 Å². The molecule has 8 heteroatoms. The van der Waals surface area contributed by atoms with Gasteiger partial charge in [-0.25, -0.2) is 4.39 Å². The standard InChI is InChI=1S/C20H21FN4O3/c1-12-2-7-17(13-3-5-15(21)6-4-13)25(11-12)20(28)19(27)24-16-8-14(18(22)26)9-23-10-16/h3-6,8-10,12,17H,2,7,11H2,1H3,(H2,22,26)(H,24,27)/t12-,17?/m1/s1. The van der Waals surface area contributed by atoms with Crippen LogP contribution in [0.15, 0.2) is 42.7 Å². The third-order valence-electron chi connectivity index (χ3n) is 4.81. The van der Waals surface area contributed by atoms with Crippen molar-refractivity contribution in [1.82, 2.24) is 9.88 Å². The lowest BCUT2D eigenvalue weighted by Crippen LogP contribution is -2.46. The number of rotatable bonds is 3. The Morgan fingerprint density at radius 1 is 1.18 bits per heavy atom. The zero-order chi connectivity index (χ0) is 20.3. The molecule has 2 atom stereocenters. The highest BCUT2D eigenvalue weighted by molar-refractivity contribution is 6.39. The highest BCUT2D eigenvalue weighted by Crippen LogP contribution is 2.33. The Balaban J connectivity index is 1.79. The predicted molar refractivity (Wildman–Crippen MR) is 101 cm³/mol. The maximum absolute atomic E-state index is 13.2. The average Bonchev–Trinajstić information content (AvgIpc) is 2.68. The van der Waals surface area contributed by atoms with Crippen LogP contribution in [0.3, 0.4) is 0 Å². The van der Waals surface area contributed by atoms with E-state index in [9.17, 15) is 18.8 Å². The van der Waals surface area contributed by atoms with Gasteiger partial charge in [-0.1, -0.05) is 19.1 Å². The third-order valence-corrected chi connectivity index (χ3v) is 4.81. The van der Waals surface area contributed by atoms with E-state index in [-0.39, 0.29) is 29.0 Å². The van der Waals surface area contributed by atoms with Crippen LogP contribution in [-0.2, 0) is 9.59 Å². The van der Waals surface area contributed by atoms with Crippen LogP contribution in [0.25, 0.3) is 0 Å². The molecule has 2 heterocycles. The summed E-state index contributed by atoms with van der Waals surface area (Å²) in [6.45, 7) is 2.44. The summed E-state index contributed by atoms with van der Waals surface area (Å²) in [7, 11) is 0. The highest BCUT2D eigenvalue weighted by atomic mass is 19.1. The summed E-state index contributed by atoms with van der Waals surface area (Å²) in [4.78, 5) is 42.0. The first-order valence-electron chi connectivity index (χ1n) is 8.97. The number of benzene rings is 1. The molecule has 3 N–H and O–H groups in total. The maximum atomic E-state index is 13.2. The molecule has 1 saturated heterocycles. The van der Waals surface area contributed by atoms with Crippen molar-refractivity contribution in [3.63, 3.8) is 0 Å². The minimum absolute atomic E-state index is 0.126. The number of carbonyl (C=O) groups excluding carboxylic acids is 3. The van der Waals surface area contributed by atoms with Gasteiger partial charge in [0.1, 0.15) is 5.82 Å². The first-order valence-corrected chi connectivity index (χ1v) is 8.97. The lowest BCUT2D eigenvalue weighted by molar-refractivity contribution is -0.146. The summed E-state index contributed by atoms with van der Waals surface area (Å²) in [5, 5.41) is 2.47. The molecule has 1 aromatic heterocycles. The SMILES string of the molecule is C[C@@H]1CCC(c2ccc(F)cc2)N(C(=O)C(=O)Nc2cncc(C(N)=O)c2)C1. The summed E-state index contributed by atoms with van der Waals surface area (Å²) in [5.74, 6) is -2.31. The second-order valence-corrected chi connectivity index (χ2v) is 6.99. The molecule has 2 aromatic rings. The van der Waals surface area contributed by atoms with E-state index in [1.165, 1.54) is 35.5 Å². The monoisotopic (exact) mass is 384 g/mol. The van der Waals surface area contributed by atoms with E-state index in [0.29, 0.717) is 13.0 Å². The Bertz CT molecular complexity index is 901. The van der Waals surface area contributed by atoms with E-state index < -0.39 is 17.7 Å². The molecule has 1 unspecified atom stereocenters. The van der Waals surface area contributed by atoms with Gasteiger partial charge < -0.3 is 16.0 Å². The summed E-state index contributed by atoms with van der Waals surface area (Å²) < 4.78 is 13.2. The lowest BCUT2D eigenvalue weighted by atomic mass is 9.90.